The van der Waals surface area contributed by atoms with E-state index in [-0.39, 0.29) is 42.0 Å². The van der Waals surface area contributed by atoms with Crippen molar-refractivity contribution in [1.82, 2.24) is 35.6 Å². The Morgan fingerprint density at radius 2 is 1.68 bits per heavy atom. The second-order valence-corrected chi connectivity index (χ2v) is 15.7. The van der Waals surface area contributed by atoms with Crippen molar-refractivity contribution >= 4 is 64.1 Å². The molecule has 17 heteroatoms. The molecule has 4 aromatic rings. The number of hydrogen-bond acceptors (Lipinski definition) is 11. The fourth-order valence-electron chi connectivity index (χ4n) is 7.11. The highest BCUT2D eigenvalue weighted by atomic mass is 35.5. The summed E-state index contributed by atoms with van der Waals surface area (Å²) in [4.78, 5) is 84.2. The van der Waals surface area contributed by atoms with E-state index in [9.17, 15) is 28.8 Å². The maximum absolute atomic E-state index is 13.5. The van der Waals surface area contributed by atoms with Gasteiger partial charge >= 0.3 is 0 Å². The van der Waals surface area contributed by atoms with Crippen LogP contribution in [0.2, 0.25) is 5.02 Å². The molecule has 2 aromatic heterocycles. The van der Waals surface area contributed by atoms with Gasteiger partial charge in [0.05, 0.1) is 23.3 Å². The van der Waals surface area contributed by atoms with Gasteiger partial charge in [0.15, 0.2) is 12.4 Å². The lowest BCUT2D eigenvalue weighted by atomic mass is 9.89. The van der Waals surface area contributed by atoms with Gasteiger partial charge in [0, 0.05) is 40.5 Å². The summed E-state index contributed by atoms with van der Waals surface area (Å²) in [6.45, 7) is 7.73. The number of halogens is 1. The molecule has 1 fully saturated rings. The van der Waals surface area contributed by atoms with E-state index in [1.54, 1.807) is 11.3 Å². The molecule has 6 amide bonds. The van der Waals surface area contributed by atoms with Crippen LogP contribution in [0.15, 0.2) is 47.5 Å². The Bertz CT molecular complexity index is 2330. The van der Waals surface area contributed by atoms with Gasteiger partial charge in [0.2, 0.25) is 11.8 Å². The van der Waals surface area contributed by atoms with E-state index < -0.39 is 47.7 Å². The Balaban J connectivity index is 0.912. The molecule has 15 nitrogen and oxygen atoms in total. The van der Waals surface area contributed by atoms with Gasteiger partial charge in [-0.25, -0.2) is 0 Å². The zero-order valence-electron chi connectivity index (χ0n) is 31.2. The largest absolute Gasteiger partial charge is 0.483 e. The van der Waals surface area contributed by atoms with Gasteiger partial charge in [-0.15, -0.1) is 21.5 Å². The van der Waals surface area contributed by atoms with E-state index in [2.05, 4.69) is 40.0 Å². The van der Waals surface area contributed by atoms with Gasteiger partial charge in [-0.2, -0.15) is 0 Å². The average Bonchev–Trinajstić information content (AvgIpc) is 3.75. The zero-order valence-corrected chi connectivity index (χ0v) is 32.7. The first kappa shape index (κ1) is 38.5. The topological polar surface area (TPSA) is 194 Å². The van der Waals surface area contributed by atoms with Gasteiger partial charge in [-0.3, -0.25) is 48.5 Å². The van der Waals surface area contributed by atoms with E-state index in [4.69, 9.17) is 21.3 Å². The Hall–Kier alpha value is -5.74. The number of thiophene rings is 1. The van der Waals surface area contributed by atoms with Crippen LogP contribution in [0.5, 0.6) is 5.75 Å². The summed E-state index contributed by atoms with van der Waals surface area (Å²) >= 11 is 7.85. The Morgan fingerprint density at radius 3 is 2.39 bits per heavy atom. The van der Waals surface area contributed by atoms with Crippen LogP contribution in [0.4, 0.5) is 0 Å². The number of imide groups is 2. The number of benzene rings is 2. The van der Waals surface area contributed by atoms with E-state index >= 15 is 0 Å². The van der Waals surface area contributed by atoms with Crippen LogP contribution in [0.1, 0.15) is 99.0 Å². The van der Waals surface area contributed by atoms with Gasteiger partial charge in [-0.05, 0) is 76.8 Å². The molecule has 0 aliphatic carbocycles. The van der Waals surface area contributed by atoms with E-state index in [1.807, 2.05) is 35.8 Å². The van der Waals surface area contributed by atoms with Crippen molar-refractivity contribution in [3.8, 4) is 10.8 Å². The number of amides is 6. The number of piperidine rings is 1. The fraction of sp³-hybridized carbons (Fsp3) is 0.359. The number of nitrogens with zero attached hydrogens (tertiary/aromatic N) is 5. The molecule has 3 N–H and O–H groups in total. The van der Waals surface area contributed by atoms with Crippen LogP contribution in [-0.4, -0.2) is 86.1 Å². The van der Waals surface area contributed by atoms with Crippen LogP contribution in [0.25, 0.3) is 5.00 Å². The number of carbonyl (C=O) groups is 6. The molecule has 0 radical (unpaired) electrons. The van der Waals surface area contributed by atoms with Crippen molar-refractivity contribution in [2.24, 2.45) is 4.99 Å². The fourth-order valence-corrected chi connectivity index (χ4v) is 8.45. The number of aliphatic imine (C=N–C) groups is 1. The van der Waals surface area contributed by atoms with E-state index in [0.717, 1.165) is 37.2 Å². The SMILES string of the molecule is Cc1sc2c(c1C)C(c1ccc(Cl)cc1)=N[C@@H](CC(=O)NCCCCNC(=O)COc1cccc3c1C(=O)N([C@]1(C)CCC(=O)NC1=O)C3=O)c1nnc(C)n1-2. The predicted molar refractivity (Wildman–Crippen MR) is 206 cm³/mol. The number of ether oxygens (including phenoxy) is 1. The third-order valence-corrected chi connectivity index (χ3v) is 11.7. The molecule has 3 aliphatic heterocycles. The number of carbonyl (C=O) groups excluding carboxylic acids is 6. The molecule has 2 atom stereocenters. The first-order chi connectivity index (χ1) is 26.8. The van der Waals surface area contributed by atoms with Crippen LogP contribution < -0.4 is 20.7 Å². The number of unbranched alkanes of at least 4 members (excludes halogenated alkanes) is 1. The first-order valence-corrected chi connectivity index (χ1v) is 19.4. The summed E-state index contributed by atoms with van der Waals surface area (Å²) in [6, 6.07) is 11.3. The number of aryl methyl sites for hydroxylation is 2. The van der Waals surface area contributed by atoms with Crippen LogP contribution in [0, 0.1) is 20.8 Å². The highest BCUT2D eigenvalue weighted by Crippen LogP contribution is 2.40. The van der Waals surface area contributed by atoms with Crippen molar-refractivity contribution in [1.29, 1.82) is 0 Å². The van der Waals surface area contributed by atoms with Crippen molar-refractivity contribution in [3.63, 3.8) is 0 Å². The lowest BCUT2D eigenvalue weighted by Crippen LogP contribution is -2.62. The molecule has 0 spiro atoms. The average molecular weight is 799 g/mol. The molecule has 290 valence electrons. The Labute approximate surface area is 330 Å². The molecule has 56 heavy (non-hydrogen) atoms. The monoisotopic (exact) mass is 798 g/mol. The smallest absolute Gasteiger partial charge is 0.266 e. The van der Waals surface area contributed by atoms with Crippen molar-refractivity contribution in [3.05, 3.63) is 91.8 Å². The molecule has 7 rings (SSSR count). The van der Waals surface area contributed by atoms with Gasteiger partial charge < -0.3 is 15.4 Å². The van der Waals surface area contributed by atoms with E-state index in [1.165, 1.54) is 25.1 Å². The molecule has 0 saturated carbocycles. The van der Waals surface area contributed by atoms with Crippen molar-refractivity contribution < 1.29 is 33.5 Å². The summed E-state index contributed by atoms with van der Waals surface area (Å²) in [5.74, 6) is -1.94. The van der Waals surface area contributed by atoms with Crippen molar-refractivity contribution in [2.45, 2.75) is 71.4 Å². The molecule has 0 bridgehead atoms. The normalized spacial score (nSPS) is 18.8. The van der Waals surface area contributed by atoms with Crippen LogP contribution in [0.3, 0.4) is 0 Å². The zero-order chi connectivity index (χ0) is 39.9. The third kappa shape index (κ3) is 7.09. The maximum Gasteiger partial charge on any atom is 0.266 e. The summed E-state index contributed by atoms with van der Waals surface area (Å²) in [5.41, 5.74) is 2.19. The van der Waals surface area contributed by atoms with Gasteiger partial charge in [0.1, 0.15) is 28.2 Å². The molecule has 0 unspecified atom stereocenters. The summed E-state index contributed by atoms with van der Waals surface area (Å²) < 4.78 is 7.67. The second-order valence-electron chi connectivity index (χ2n) is 14.1. The number of nitrogens with one attached hydrogen (secondary N) is 3. The first-order valence-electron chi connectivity index (χ1n) is 18.2. The molecule has 2 aromatic carbocycles. The number of hydrogen-bond donors (Lipinski definition) is 3. The molecule has 5 heterocycles. The van der Waals surface area contributed by atoms with Gasteiger partial charge in [0.25, 0.3) is 23.6 Å². The molecule has 3 aliphatic rings. The summed E-state index contributed by atoms with van der Waals surface area (Å²) in [6.07, 6.45) is 1.17. The molecule has 1 saturated heterocycles. The van der Waals surface area contributed by atoms with Crippen LogP contribution >= 0.6 is 22.9 Å². The molecular weight excluding hydrogens is 760 g/mol. The summed E-state index contributed by atoms with van der Waals surface area (Å²) in [5, 5.41) is 18.3. The van der Waals surface area contributed by atoms with Gasteiger partial charge in [-0.1, -0.05) is 29.8 Å². The number of rotatable bonds is 12. The molecular formula is C39H39ClN8O7S. The highest BCUT2D eigenvalue weighted by Gasteiger charge is 2.53. The summed E-state index contributed by atoms with van der Waals surface area (Å²) in [7, 11) is 0. The van der Waals surface area contributed by atoms with Crippen LogP contribution in [-0.2, 0) is 19.2 Å². The lowest BCUT2D eigenvalue weighted by molar-refractivity contribution is -0.141. The highest BCUT2D eigenvalue weighted by molar-refractivity contribution is 7.15. The predicted octanol–water partition coefficient (Wildman–Crippen LogP) is 4.07. The van der Waals surface area contributed by atoms with Crippen molar-refractivity contribution in [2.75, 3.05) is 19.7 Å². The third-order valence-electron chi connectivity index (χ3n) is 10.3. The van der Waals surface area contributed by atoms with E-state index in [0.29, 0.717) is 42.6 Å². The quantitative estimate of drug-likeness (QED) is 0.140. The minimum Gasteiger partial charge on any atom is -0.483 e. The maximum atomic E-state index is 13.5. The number of fused-ring (bicyclic) bond motifs is 4. The Morgan fingerprint density at radius 1 is 0.964 bits per heavy atom. The second kappa shape index (κ2) is 15.4. The minimum absolute atomic E-state index is 0.00779. The number of aromatic nitrogens is 3. The Kier molecular flexibility index (Phi) is 10.6. The lowest BCUT2D eigenvalue weighted by Gasteiger charge is -2.38. The minimum atomic E-state index is -1.55. The standard InChI is InChI=1S/C39H39ClN8O7S/c1-20-21(2)56-37-31(20)33(23-10-12-24(40)13-11-23)43-26(34-46-45-22(3)47(34)37)18-29(50)41-16-5-6-17-42-30(51)19-55-27-9-7-8-25-32(27)36(53)48(35(25)52)39(4)15-14-28(49)44-38(39)54/h7-13,26H,5-6,14-19H2,1-4H3,(H,41,50)(H,42,51)(H,44,49,54)/t26-,39+/m0/s1.